The second-order valence-corrected chi connectivity index (χ2v) is 5.10. The third-order valence-corrected chi connectivity index (χ3v) is 3.25. The maximum Gasteiger partial charge on any atom is 0.123 e. The van der Waals surface area contributed by atoms with E-state index in [4.69, 9.17) is 26.2 Å². The molecule has 2 rings (SSSR count). The number of rotatable bonds is 9. The summed E-state index contributed by atoms with van der Waals surface area (Å²) in [5.41, 5.74) is 1.06. The Morgan fingerprint density at radius 3 is 2.45 bits per heavy atom. The van der Waals surface area contributed by atoms with Crippen molar-refractivity contribution >= 4 is 11.6 Å². The molecule has 2 N–H and O–H groups in total. The average molecular weight is 322 g/mol. The van der Waals surface area contributed by atoms with Gasteiger partial charge in [0.15, 0.2) is 0 Å². The molecule has 0 radical (unpaired) electrons. The Labute approximate surface area is 135 Å². The Bertz CT molecular complexity index is 560. The average Bonchev–Trinajstić information content (AvgIpc) is 2.55. The van der Waals surface area contributed by atoms with Gasteiger partial charge in [0.05, 0.1) is 6.61 Å². The van der Waals surface area contributed by atoms with E-state index in [1.54, 1.807) is 12.1 Å². The van der Waals surface area contributed by atoms with Gasteiger partial charge in [-0.2, -0.15) is 0 Å². The van der Waals surface area contributed by atoms with Crippen molar-refractivity contribution in [2.24, 2.45) is 0 Å². The van der Waals surface area contributed by atoms with Crippen molar-refractivity contribution in [1.82, 2.24) is 5.32 Å². The maximum atomic E-state index is 8.79. The molecular weight excluding hydrogens is 302 g/mol. The number of nitrogens with one attached hydrogen (secondary N) is 1. The summed E-state index contributed by atoms with van der Waals surface area (Å²) in [6.07, 6.45) is 0. The molecule has 0 aliphatic carbocycles. The minimum Gasteiger partial charge on any atom is -0.490 e. The first kappa shape index (κ1) is 16.6. The molecule has 0 amide bonds. The lowest BCUT2D eigenvalue weighted by Crippen LogP contribution is -2.18. The van der Waals surface area contributed by atoms with Gasteiger partial charge in [0.25, 0.3) is 0 Å². The summed E-state index contributed by atoms with van der Waals surface area (Å²) in [5.74, 6) is 1.60. The van der Waals surface area contributed by atoms with Crippen molar-refractivity contribution in [3.63, 3.8) is 0 Å². The largest absolute Gasteiger partial charge is 0.490 e. The van der Waals surface area contributed by atoms with E-state index < -0.39 is 0 Å². The highest BCUT2D eigenvalue weighted by Crippen LogP contribution is 2.18. The lowest BCUT2D eigenvalue weighted by Gasteiger charge is -2.12. The second kappa shape index (κ2) is 9.30. The van der Waals surface area contributed by atoms with E-state index in [9.17, 15) is 0 Å². The normalized spacial score (nSPS) is 10.5. The molecule has 2 aromatic carbocycles. The molecular formula is C17H20ClNO3. The minimum atomic E-state index is 0.123. The van der Waals surface area contributed by atoms with Gasteiger partial charge in [0.2, 0.25) is 0 Å². The summed E-state index contributed by atoms with van der Waals surface area (Å²) in [7, 11) is 0. The SMILES string of the molecule is OCCNCc1ccccc1OCCOc1ccc(Cl)cc1. The molecule has 0 spiro atoms. The van der Waals surface area contributed by atoms with Crippen LogP contribution in [0.15, 0.2) is 48.5 Å². The van der Waals surface area contributed by atoms with E-state index in [-0.39, 0.29) is 6.61 Å². The van der Waals surface area contributed by atoms with Gasteiger partial charge in [-0.1, -0.05) is 29.8 Å². The monoisotopic (exact) mass is 321 g/mol. The van der Waals surface area contributed by atoms with Crippen LogP contribution in [0.2, 0.25) is 5.02 Å². The van der Waals surface area contributed by atoms with Gasteiger partial charge in [-0.15, -0.1) is 0 Å². The number of hydrogen-bond donors (Lipinski definition) is 2. The van der Waals surface area contributed by atoms with Crippen molar-refractivity contribution in [3.05, 3.63) is 59.1 Å². The van der Waals surface area contributed by atoms with Crippen LogP contribution in [0.3, 0.4) is 0 Å². The van der Waals surface area contributed by atoms with Crippen LogP contribution < -0.4 is 14.8 Å². The molecule has 4 nitrogen and oxygen atoms in total. The van der Waals surface area contributed by atoms with Crippen LogP contribution in [0.4, 0.5) is 0 Å². The number of halogens is 1. The highest BCUT2D eigenvalue weighted by Gasteiger charge is 2.02. The van der Waals surface area contributed by atoms with Crippen molar-refractivity contribution < 1.29 is 14.6 Å². The van der Waals surface area contributed by atoms with Crippen LogP contribution in [-0.4, -0.2) is 31.5 Å². The zero-order chi connectivity index (χ0) is 15.6. The maximum absolute atomic E-state index is 8.79. The number of benzene rings is 2. The van der Waals surface area contributed by atoms with Crippen molar-refractivity contribution in [2.45, 2.75) is 6.54 Å². The summed E-state index contributed by atoms with van der Waals surface area (Å²) in [5, 5.41) is 12.6. The first-order chi connectivity index (χ1) is 10.8. The molecule has 0 aromatic heterocycles. The van der Waals surface area contributed by atoms with Gasteiger partial charge in [0.1, 0.15) is 24.7 Å². The summed E-state index contributed by atoms with van der Waals surface area (Å²) in [4.78, 5) is 0. The quantitative estimate of drug-likeness (QED) is 0.697. The fourth-order valence-electron chi connectivity index (χ4n) is 1.93. The fourth-order valence-corrected chi connectivity index (χ4v) is 2.06. The molecule has 0 unspecified atom stereocenters. The van der Waals surface area contributed by atoms with Gasteiger partial charge in [-0.3, -0.25) is 0 Å². The van der Waals surface area contributed by atoms with Crippen LogP contribution in [0.1, 0.15) is 5.56 Å². The predicted molar refractivity (Wildman–Crippen MR) is 87.7 cm³/mol. The first-order valence-corrected chi connectivity index (χ1v) is 7.58. The van der Waals surface area contributed by atoms with Gasteiger partial charge >= 0.3 is 0 Å². The summed E-state index contributed by atoms with van der Waals surface area (Å²) < 4.78 is 11.3. The summed E-state index contributed by atoms with van der Waals surface area (Å²) in [6.45, 7) is 2.26. The van der Waals surface area contributed by atoms with Crippen molar-refractivity contribution in [3.8, 4) is 11.5 Å². The van der Waals surface area contributed by atoms with E-state index in [0.29, 0.717) is 31.3 Å². The van der Waals surface area contributed by atoms with Crippen LogP contribution in [0.5, 0.6) is 11.5 Å². The molecule has 0 heterocycles. The Hall–Kier alpha value is -1.75. The van der Waals surface area contributed by atoms with E-state index >= 15 is 0 Å². The van der Waals surface area contributed by atoms with Gasteiger partial charge in [-0.05, 0) is 30.3 Å². The van der Waals surface area contributed by atoms with Crippen molar-refractivity contribution in [1.29, 1.82) is 0 Å². The number of hydrogen-bond acceptors (Lipinski definition) is 4. The number of aliphatic hydroxyl groups excluding tert-OH is 1. The van der Waals surface area contributed by atoms with E-state index in [1.165, 1.54) is 0 Å². The summed E-state index contributed by atoms with van der Waals surface area (Å²) >= 11 is 5.82. The van der Waals surface area contributed by atoms with Gasteiger partial charge < -0.3 is 19.9 Å². The Balaban J connectivity index is 1.77. The van der Waals surface area contributed by atoms with E-state index in [0.717, 1.165) is 17.1 Å². The lowest BCUT2D eigenvalue weighted by molar-refractivity contribution is 0.215. The van der Waals surface area contributed by atoms with Gasteiger partial charge in [0, 0.05) is 23.7 Å². The second-order valence-electron chi connectivity index (χ2n) is 4.66. The van der Waals surface area contributed by atoms with Crippen LogP contribution in [0, 0.1) is 0 Å². The number of para-hydroxylation sites is 1. The molecule has 0 saturated heterocycles. The number of aliphatic hydroxyl groups is 1. The third kappa shape index (κ3) is 5.56. The fraction of sp³-hybridized carbons (Fsp3) is 0.294. The van der Waals surface area contributed by atoms with Crippen molar-refractivity contribution in [2.75, 3.05) is 26.4 Å². The molecule has 0 atom stereocenters. The van der Waals surface area contributed by atoms with Crippen LogP contribution >= 0.6 is 11.6 Å². The highest BCUT2D eigenvalue weighted by molar-refractivity contribution is 6.30. The molecule has 0 saturated carbocycles. The van der Waals surface area contributed by atoms with Crippen LogP contribution in [-0.2, 0) is 6.54 Å². The molecule has 0 bridgehead atoms. The highest BCUT2D eigenvalue weighted by atomic mass is 35.5. The third-order valence-electron chi connectivity index (χ3n) is 3.00. The zero-order valence-electron chi connectivity index (χ0n) is 12.3. The van der Waals surface area contributed by atoms with E-state index in [2.05, 4.69) is 5.32 Å². The van der Waals surface area contributed by atoms with Crippen LogP contribution in [0.25, 0.3) is 0 Å². The Morgan fingerprint density at radius 2 is 1.68 bits per heavy atom. The molecule has 2 aromatic rings. The molecule has 5 heteroatoms. The number of ether oxygens (including phenoxy) is 2. The zero-order valence-corrected chi connectivity index (χ0v) is 13.1. The minimum absolute atomic E-state index is 0.123. The molecule has 22 heavy (non-hydrogen) atoms. The molecule has 118 valence electrons. The van der Waals surface area contributed by atoms with Gasteiger partial charge in [-0.25, -0.2) is 0 Å². The molecule has 0 aliphatic rings. The Morgan fingerprint density at radius 1 is 0.955 bits per heavy atom. The van der Waals surface area contributed by atoms with E-state index in [1.807, 2.05) is 36.4 Å². The predicted octanol–water partition coefficient (Wildman–Crippen LogP) is 2.88. The molecule has 0 fully saturated rings. The topological polar surface area (TPSA) is 50.7 Å². The standard InChI is InChI=1S/C17H20ClNO3/c18-15-5-7-16(8-6-15)21-11-12-22-17-4-2-1-3-14(17)13-19-9-10-20/h1-8,19-20H,9-13H2. The summed E-state index contributed by atoms with van der Waals surface area (Å²) in [6, 6.07) is 15.1. The first-order valence-electron chi connectivity index (χ1n) is 7.20. The Kier molecular flexibility index (Phi) is 7.03. The lowest BCUT2D eigenvalue weighted by atomic mass is 10.2. The molecule has 0 aliphatic heterocycles. The smallest absolute Gasteiger partial charge is 0.123 e.